The molecule has 0 heterocycles. The largest absolute Gasteiger partial charge is 0.341 e. The summed E-state index contributed by atoms with van der Waals surface area (Å²) in [4.78, 5) is 13.3. The third kappa shape index (κ3) is 4.96. The highest BCUT2D eigenvalue weighted by Gasteiger charge is 2.23. The van der Waals surface area contributed by atoms with E-state index < -0.39 is 10.0 Å². The molecule has 0 spiro atoms. The van der Waals surface area contributed by atoms with Crippen molar-refractivity contribution in [1.29, 1.82) is 0 Å². The second-order valence-electron chi connectivity index (χ2n) is 7.56. The third-order valence-electron chi connectivity index (χ3n) is 5.42. The van der Waals surface area contributed by atoms with Crippen LogP contribution in [0, 0.1) is 0 Å². The zero-order chi connectivity index (χ0) is 23.3. The van der Waals surface area contributed by atoms with Crippen molar-refractivity contribution in [1.82, 2.24) is 5.32 Å². The van der Waals surface area contributed by atoms with E-state index in [4.69, 9.17) is 0 Å². The Labute approximate surface area is 194 Å². The van der Waals surface area contributed by atoms with Gasteiger partial charge in [-0.05, 0) is 41.5 Å². The summed E-state index contributed by atoms with van der Waals surface area (Å²) in [5.41, 5.74) is 2.68. The Morgan fingerprint density at radius 2 is 1.24 bits per heavy atom. The van der Waals surface area contributed by atoms with Crippen molar-refractivity contribution in [2.75, 3.05) is 11.4 Å². The summed E-state index contributed by atoms with van der Waals surface area (Å²) >= 11 is 0. The van der Waals surface area contributed by atoms with Crippen LogP contribution in [0.3, 0.4) is 0 Å². The number of hydrogen-bond donors (Lipinski definition) is 1. The lowest BCUT2D eigenvalue weighted by Gasteiger charge is -2.21. The van der Waals surface area contributed by atoms with E-state index >= 15 is 0 Å². The van der Waals surface area contributed by atoms with Gasteiger partial charge in [0.1, 0.15) is 0 Å². The molecular weight excluding hydrogens is 432 g/mol. The SMILES string of the molecule is CN(c1ccccc1)S(=O)(=O)c1cccc(C(=O)NC(c2ccccc2)c2ccccc2)c1. The van der Waals surface area contributed by atoms with Gasteiger partial charge in [-0.3, -0.25) is 9.10 Å². The summed E-state index contributed by atoms with van der Waals surface area (Å²) in [5.74, 6) is -0.355. The highest BCUT2D eigenvalue weighted by molar-refractivity contribution is 7.92. The molecule has 0 unspecified atom stereocenters. The van der Waals surface area contributed by atoms with Crippen LogP contribution in [0.2, 0.25) is 0 Å². The van der Waals surface area contributed by atoms with Gasteiger partial charge in [-0.25, -0.2) is 8.42 Å². The Kier molecular flexibility index (Phi) is 6.56. The smallest absolute Gasteiger partial charge is 0.264 e. The van der Waals surface area contributed by atoms with Gasteiger partial charge < -0.3 is 5.32 Å². The van der Waals surface area contributed by atoms with Gasteiger partial charge in [0.25, 0.3) is 15.9 Å². The molecule has 0 saturated heterocycles. The van der Waals surface area contributed by atoms with Crippen LogP contribution in [0.4, 0.5) is 5.69 Å². The maximum absolute atomic E-state index is 13.2. The van der Waals surface area contributed by atoms with Crippen molar-refractivity contribution in [3.8, 4) is 0 Å². The Balaban J connectivity index is 1.63. The van der Waals surface area contributed by atoms with E-state index in [0.29, 0.717) is 5.69 Å². The molecule has 4 aromatic carbocycles. The van der Waals surface area contributed by atoms with Gasteiger partial charge in [0, 0.05) is 12.6 Å². The second kappa shape index (κ2) is 9.71. The van der Waals surface area contributed by atoms with Crippen LogP contribution in [0.5, 0.6) is 0 Å². The van der Waals surface area contributed by atoms with Crippen LogP contribution in [0.1, 0.15) is 27.5 Å². The summed E-state index contributed by atoms with van der Waals surface area (Å²) < 4.78 is 27.5. The molecule has 33 heavy (non-hydrogen) atoms. The fourth-order valence-corrected chi connectivity index (χ4v) is 4.84. The molecule has 0 aliphatic carbocycles. The quantitative estimate of drug-likeness (QED) is 0.424. The number of nitrogens with zero attached hydrogens (tertiary/aromatic N) is 1. The zero-order valence-electron chi connectivity index (χ0n) is 18.1. The minimum absolute atomic E-state index is 0.0532. The Hall–Kier alpha value is -3.90. The van der Waals surface area contributed by atoms with Gasteiger partial charge >= 0.3 is 0 Å². The molecule has 0 fully saturated rings. The molecule has 0 aliphatic rings. The van der Waals surface area contributed by atoms with Gasteiger partial charge in [0.05, 0.1) is 16.6 Å². The lowest BCUT2D eigenvalue weighted by molar-refractivity contribution is 0.0942. The average Bonchev–Trinajstić information content (AvgIpc) is 2.88. The lowest BCUT2D eigenvalue weighted by Crippen LogP contribution is -2.30. The van der Waals surface area contributed by atoms with E-state index in [9.17, 15) is 13.2 Å². The van der Waals surface area contributed by atoms with Crippen LogP contribution < -0.4 is 9.62 Å². The Morgan fingerprint density at radius 3 is 1.79 bits per heavy atom. The standard InChI is InChI=1S/C27H24N2O3S/c1-29(24-17-9-4-10-18-24)33(31,32)25-19-11-16-23(20-25)27(30)28-26(21-12-5-2-6-13-21)22-14-7-3-8-15-22/h2-20,26H,1H3,(H,28,30). The summed E-state index contributed by atoms with van der Waals surface area (Å²) in [5, 5.41) is 3.06. The van der Waals surface area contributed by atoms with Gasteiger partial charge in [0.15, 0.2) is 0 Å². The molecule has 1 N–H and O–H groups in total. The number of carbonyl (C=O) groups is 1. The molecule has 0 aliphatic heterocycles. The summed E-state index contributed by atoms with van der Waals surface area (Å²) in [6.45, 7) is 0. The normalized spacial score (nSPS) is 11.2. The molecule has 0 bridgehead atoms. The fourth-order valence-electron chi connectivity index (χ4n) is 3.60. The van der Waals surface area contributed by atoms with Crippen molar-refractivity contribution in [2.45, 2.75) is 10.9 Å². The van der Waals surface area contributed by atoms with E-state index in [0.717, 1.165) is 11.1 Å². The highest BCUT2D eigenvalue weighted by Crippen LogP contribution is 2.24. The first-order valence-electron chi connectivity index (χ1n) is 10.5. The van der Waals surface area contributed by atoms with Gasteiger partial charge in [0.2, 0.25) is 0 Å². The average molecular weight is 457 g/mol. The summed E-state index contributed by atoms with van der Waals surface area (Å²) in [7, 11) is -2.33. The van der Waals surface area contributed by atoms with Crippen molar-refractivity contribution in [3.63, 3.8) is 0 Å². The zero-order valence-corrected chi connectivity index (χ0v) is 18.9. The van der Waals surface area contributed by atoms with Crippen molar-refractivity contribution in [3.05, 3.63) is 132 Å². The lowest BCUT2D eigenvalue weighted by atomic mass is 9.98. The van der Waals surface area contributed by atoms with Crippen LogP contribution >= 0.6 is 0 Å². The molecular formula is C27H24N2O3S. The van der Waals surface area contributed by atoms with Gasteiger partial charge in [-0.2, -0.15) is 0 Å². The van der Waals surface area contributed by atoms with Crippen molar-refractivity contribution in [2.24, 2.45) is 0 Å². The monoisotopic (exact) mass is 456 g/mol. The van der Waals surface area contributed by atoms with Crippen LogP contribution in [0.15, 0.2) is 120 Å². The second-order valence-corrected chi connectivity index (χ2v) is 9.53. The number of amides is 1. The van der Waals surface area contributed by atoms with Crippen molar-refractivity contribution < 1.29 is 13.2 Å². The molecule has 1 amide bonds. The van der Waals surface area contributed by atoms with Gasteiger partial charge in [-0.1, -0.05) is 84.9 Å². The number of rotatable bonds is 7. The van der Waals surface area contributed by atoms with E-state index in [1.54, 1.807) is 36.4 Å². The number of carbonyl (C=O) groups excluding carboxylic acids is 1. The molecule has 166 valence electrons. The Morgan fingerprint density at radius 1 is 0.727 bits per heavy atom. The number of nitrogens with one attached hydrogen (secondary N) is 1. The van der Waals surface area contributed by atoms with E-state index in [-0.39, 0.29) is 22.4 Å². The predicted molar refractivity (Wildman–Crippen MR) is 131 cm³/mol. The first-order valence-corrected chi connectivity index (χ1v) is 12.0. The van der Waals surface area contributed by atoms with E-state index in [2.05, 4.69) is 5.32 Å². The number of para-hydroxylation sites is 1. The van der Waals surface area contributed by atoms with Crippen LogP contribution in [-0.4, -0.2) is 21.4 Å². The van der Waals surface area contributed by atoms with Crippen molar-refractivity contribution >= 4 is 21.6 Å². The van der Waals surface area contributed by atoms with Gasteiger partial charge in [-0.15, -0.1) is 0 Å². The Bertz CT molecular complexity index is 1290. The first-order chi connectivity index (χ1) is 16.0. The molecule has 4 aromatic rings. The summed E-state index contributed by atoms with van der Waals surface area (Å²) in [6, 6.07) is 33.9. The molecule has 0 radical (unpaired) electrons. The molecule has 0 atom stereocenters. The minimum Gasteiger partial charge on any atom is -0.341 e. The van der Waals surface area contributed by atoms with E-state index in [1.807, 2.05) is 66.7 Å². The maximum Gasteiger partial charge on any atom is 0.264 e. The van der Waals surface area contributed by atoms with Crippen LogP contribution in [0.25, 0.3) is 0 Å². The summed E-state index contributed by atoms with van der Waals surface area (Å²) in [6.07, 6.45) is 0. The molecule has 4 rings (SSSR count). The number of anilines is 1. The minimum atomic E-state index is -3.83. The molecule has 6 heteroatoms. The van der Waals surface area contributed by atoms with E-state index in [1.165, 1.54) is 23.5 Å². The predicted octanol–water partition coefficient (Wildman–Crippen LogP) is 5.03. The molecule has 0 saturated carbocycles. The molecule has 5 nitrogen and oxygen atoms in total. The number of benzene rings is 4. The van der Waals surface area contributed by atoms with Crippen LogP contribution in [-0.2, 0) is 10.0 Å². The maximum atomic E-state index is 13.2. The highest BCUT2D eigenvalue weighted by atomic mass is 32.2. The number of hydrogen-bond acceptors (Lipinski definition) is 3. The fraction of sp³-hybridized carbons (Fsp3) is 0.0741. The first kappa shape index (κ1) is 22.3. The molecule has 0 aromatic heterocycles. The third-order valence-corrected chi connectivity index (χ3v) is 7.20. The number of sulfonamides is 1. The topological polar surface area (TPSA) is 66.5 Å².